The van der Waals surface area contributed by atoms with E-state index in [0.717, 1.165) is 36.8 Å². The number of hydrogen-bond donors (Lipinski definition) is 1. The molecule has 0 aliphatic carbocycles. The third kappa shape index (κ3) is 10.0. The van der Waals surface area contributed by atoms with Gasteiger partial charge in [-0.3, -0.25) is 4.79 Å². The van der Waals surface area contributed by atoms with Crippen molar-refractivity contribution in [3.8, 4) is 0 Å². The first-order valence-corrected chi connectivity index (χ1v) is 10.5. The van der Waals surface area contributed by atoms with Gasteiger partial charge in [0.25, 0.3) is 0 Å². The van der Waals surface area contributed by atoms with Crippen LogP contribution in [0.4, 0.5) is 0 Å². The van der Waals surface area contributed by atoms with Crippen LogP contribution in [0.25, 0.3) is 6.08 Å². The molecular formula is C19H29NO4S. The molecule has 0 heterocycles. The first-order valence-electron chi connectivity index (χ1n) is 8.81. The summed E-state index contributed by atoms with van der Waals surface area (Å²) in [5, 5.41) is 0. The van der Waals surface area contributed by atoms with Gasteiger partial charge in [0.05, 0.1) is 12.4 Å². The van der Waals surface area contributed by atoms with Gasteiger partial charge in [-0.25, -0.2) is 13.1 Å². The molecule has 0 aromatic heterocycles. The van der Waals surface area contributed by atoms with E-state index < -0.39 is 10.0 Å². The molecule has 0 saturated heterocycles. The molecule has 0 atom stereocenters. The molecule has 0 fully saturated rings. The van der Waals surface area contributed by atoms with Crippen molar-refractivity contribution in [2.45, 2.75) is 45.4 Å². The fraction of sp³-hybridized carbons (Fsp3) is 0.526. The minimum absolute atomic E-state index is 0.0866. The van der Waals surface area contributed by atoms with E-state index in [-0.39, 0.29) is 11.7 Å². The summed E-state index contributed by atoms with van der Waals surface area (Å²) in [5.74, 6) is -0.0761. The predicted octanol–water partition coefficient (Wildman–Crippen LogP) is 3.31. The van der Waals surface area contributed by atoms with Gasteiger partial charge in [-0.05, 0) is 37.3 Å². The summed E-state index contributed by atoms with van der Waals surface area (Å²) in [6, 6.07) is 7.71. The Morgan fingerprint density at radius 1 is 1.16 bits per heavy atom. The monoisotopic (exact) mass is 367 g/mol. The van der Waals surface area contributed by atoms with Crippen LogP contribution in [-0.4, -0.2) is 33.3 Å². The van der Waals surface area contributed by atoms with E-state index in [2.05, 4.69) is 11.3 Å². The number of sulfonamides is 1. The number of carbonyl (C=O) groups is 1. The lowest BCUT2D eigenvalue weighted by Crippen LogP contribution is -2.28. The van der Waals surface area contributed by atoms with Gasteiger partial charge >= 0.3 is 5.97 Å². The lowest BCUT2D eigenvalue weighted by molar-refractivity contribution is -0.143. The highest BCUT2D eigenvalue weighted by molar-refractivity contribution is 7.89. The lowest BCUT2D eigenvalue weighted by Gasteiger charge is -2.07. The Labute approximate surface area is 151 Å². The third-order valence-electron chi connectivity index (χ3n) is 3.81. The molecular weight excluding hydrogens is 338 g/mol. The van der Waals surface area contributed by atoms with E-state index >= 15 is 0 Å². The molecule has 0 aliphatic heterocycles. The smallest absolute Gasteiger partial charge is 0.305 e. The molecule has 140 valence electrons. The van der Waals surface area contributed by atoms with Crippen molar-refractivity contribution in [1.82, 2.24) is 4.72 Å². The van der Waals surface area contributed by atoms with Gasteiger partial charge in [0.15, 0.2) is 0 Å². The number of ether oxygens (including phenoxy) is 1. The van der Waals surface area contributed by atoms with E-state index in [9.17, 15) is 13.2 Å². The maximum atomic E-state index is 12.0. The molecule has 5 nitrogen and oxygen atoms in total. The summed E-state index contributed by atoms with van der Waals surface area (Å²) in [5.41, 5.74) is 2.02. The topological polar surface area (TPSA) is 72.5 Å². The van der Waals surface area contributed by atoms with Crippen molar-refractivity contribution in [3.63, 3.8) is 0 Å². The number of rotatable bonds is 13. The van der Waals surface area contributed by atoms with Gasteiger partial charge in [-0.2, -0.15) is 0 Å². The molecule has 25 heavy (non-hydrogen) atoms. The number of carbonyl (C=O) groups excluding carboxylic acids is 1. The first kappa shape index (κ1) is 21.4. The Balaban J connectivity index is 2.14. The van der Waals surface area contributed by atoms with Gasteiger partial charge in [-0.1, -0.05) is 49.8 Å². The molecule has 0 aliphatic rings. The molecule has 6 heteroatoms. The van der Waals surface area contributed by atoms with Crippen molar-refractivity contribution in [1.29, 1.82) is 0 Å². The van der Waals surface area contributed by atoms with E-state index in [0.29, 0.717) is 26.0 Å². The molecule has 0 spiro atoms. The molecule has 0 radical (unpaired) electrons. The fourth-order valence-electron chi connectivity index (χ4n) is 2.35. The molecule has 1 N–H and O–H groups in total. The zero-order valence-electron chi connectivity index (χ0n) is 15.0. The van der Waals surface area contributed by atoms with Crippen LogP contribution in [0.15, 0.2) is 30.8 Å². The Hall–Kier alpha value is -1.66. The SMILES string of the molecule is C=Cc1ccc(CCS(=O)(=O)NCCCCCCC(=O)OCC)cc1. The summed E-state index contributed by atoms with van der Waals surface area (Å²) < 4.78 is 31.5. The Morgan fingerprint density at radius 2 is 1.84 bits per heavy atom. The fourth-order valence-corrected chi connectivity index (χ4v) is 3.46. The van der Waals surface area contributed by atoms with Gasteiger partial charge in [-0.15, -0.1) is 0 Å². The summed E-state index contributed by atoms with van der Waals surface area (Å²) in [6.07, 6.45) is 6.04. The third-order valence-corrected chi connectivity index (χ3v) is 5.20. The number of esters is 1. The van der Waals surface area contributed by atoms with Gasteiger partial charge < -0.3 is 4.74 Å². The number of aryl methyl sites for hydroxylation is 1. The molecule has 1 aromatic carbocycles. The van der Waals surface area contributed by atoms with Gasteiger partial charge in [0, 0.05) is 13.0 Å². The number of unbranched alkanes of at least 4 members (excludes halogenated alkanes) is 3. The van der Waals surface area contributed by atoms with Gasteiger partial charge in [0.2, 0.25) is 10.0 Å². The van der Waals surface area contributed by atoms with Crippen LogP contribution >= 0.6 is 0 Å². The van der Waals surface area contributed by atoms with E-state index in [1.165, 1.54) is 0 Å². The van der Waals surface area contributed by atoms with Crippen molar-refractivity contribution in [2.24, 2.45) is 0 Å². The summed E-state index contributed by atoms with van der Waals surface area (Å²) >= 11 is 0. The van der Waals surface area contributed by atoms with Crippen molar-refractivity contribution in [2.75, 3.05) is 18.9 Å². The highest BCUT2D eigenvalue weighted by Crippen LogP contribution is 2.07. The normalized spacial score (nSPS) is 11.2. The molecule has 0 bridgehead atoms. The predicted molar refractivity (Wildman–Crippen MR) is 102 cm³/mol. The number of nitrogens with one attached hydrogen (secondary N) is 1. The molecule has 0 amide bonds. The maximum Gasteiger partial charge on any atom is 0.305 e. The number of benzene rings is 1. The first-order chi connectivity index (χ1) is 12.0. The zero-order chi connectivity index (χ0) is 18.5. The van der Waals surface area contributed by atoms with Gasteiger partial charge in [0.1, 0.15) is 0 Å². The van der Waals surface area contributed by atoms with Crippen LogP contribution in [-0.2, 0) is 26.0 Å². The Kier molecular flexibility index (Phi) is 10.1. The van der Waals surface area contributed by atoms with Crippen LogP contribution in [0.2, 0.25) is 0 Å². The Bertz CT molecular complexity index is 623. The molecule has 1 aromatic rings. The van der Waals surface area contributed by atoms with Crippen LogP contribution in [0, 0.1) is 0 Å². The minimum Gasteiger partial charge on any atom is -0.466 e. The van der Waals surface area contributed by atoms with Crippen molar-refractivity contribution in [3.05, 3.63) is 42.0 Å². The second kappa shape index (κ2) is 11.8. The Morgan fingerprint density at radius 3 is 2.48 bits per heavy atom. The van der Waals surface area contributed by atoms with E-state index in [1.807, 2.05) is 24.3 Å². The van der Waals surface area contributed by atoms with E-state index in [1.54, 1.807) is 13.0 Å². The second-order valence-electron chi connectivity index (χ2n) is 5.88. The van der Waals surface area contributed by atoms with Crippen molar-refractivity contribution < 1.29 is 17.9 Å². The zero-order valence-corrected chi connectivity index (χ0v) is 15.8. The molecule has 1 rings (SSSR count). The highest BCUT2D eigenvalue weighted by atomic mass is 32.2. The summed E-state index contributed by atoms with van der Waals surface area (Å²) in [7, 11) is -3.25. The average Bonchev–Trinajstić information content (AvgIpc) is 2.60. The lowest BCUT2D eigenvalue weighted by atomic mass is 10.1. The molecule has 0 saturated carbocycles. The van der Waals surface area contributed by atoms with Crippen LogP contribution in [0.3, 0.4) is 0 Å². The average molecular weight is 368 g/mol. The summed E-state index contributed by atoms with van der Waals surface area (Å²) in [4.78, 5) is 11.2. The van der Waals surface area contributed by atoms with E-state index in [4.69, 9.17) is 4.74 Å². The largest absolute Gasteiger partial charge is 0.466 e. The van der Waals surface area contributed by atoms with Crippen LogP contribution in [0.5, 0.6) is 0 Å². The second-order valence-corrected chi connectivity index (χ2v) is 7.80. The summed E-state index contributed by atoms with van der Waals surface area (Å²) in [6.45, 7) is 6.34. The van der Waals surface area contributed by atoms with Crippen molar-refractivity contribution >= 4 is 22.1 Å². The van der Waals surface area contributed by atoms with Crippen LogP contribution < -0.4 is 4.72 Å². The standard InChI is InChI=1S/C19H29NO4S/c1-3-17-10-12-18(13-11-17)14-16-25(22,23)20-15-8-6-5-7-9-19(21)24-4-2/h3,10-13,20H,1,4-9,14-16H2,2H3. The quantitative estimate of drug-likeness (QED) is 0.429. The maximum absolute atomic E-state index is 12.0. The highest BCUT2D eigenvalue weighted by Gasteiger charge is 2.09. The minimum atomic E-state index is -3.25. The number of hydrogen-bond acceptors (Lipinski definition) is 4. The van der Waals surface area contributed by atoms with Crippen LogP contribution in [0.1, 0.15) is 50.2 Å². The molecule has 0 unspecified atom stereocenters.